The third kappa shape index (κ3) is 2.31. The predicted molar refractivity (Wildman–Crippen MR) is 80.5 cm³/mol. The van der Waals surface area contributed by atoms with Gasteiger partial charge in [0, 0.05) is 12.8 Å². The van der Waals surface area contributed by atoms with E-state index >= 15 is 0 Å². The molecule has 2 atom stereocenters. The van der Waals surface area contributed by atoms with E-state index in [1.54, 1.807) is 30.5 Å². The molecule has 1 aliphatic rings. The van der Waals surface area contributed by atoms with Gasteiger partial charge < -0.3 is 10.1 Å². The quantitative estimate of drug-likeness (QED) is 0.693. The van der Waals surface area contributed by atoms with Crippen molar-refractivity contribution in [2.75, 3.05) is 11.9 Å². The van der Waals surface area contributed by atoms with Crippen LogP contribution in [0.25, 0.3) is 10.9 Å². The molecule has 21 heavy (non-hydrogen) atoms. The molecule has 2 aromatic rings. The normalized spacial score (nSPS) is 25.1. The summed E-state index contributed by atoms with van der Waals surface area (Å²) in [6.07, 6.45) is 2.45. The van der Waals surface area contributed by atoms with Gasteiger partial charge in [-0.05, 0) is 44.5 Å². The number of nitrogens with one attached hydrogen (secondary N) is 1. The molecule has 0 amide bonds. The predicted octanol–water partition coefficient (Wildman–Crippen LogP) is 3.12. The van der Waals surface area contributed by atoms with Gasteiger partial charge in [0.25, 0.3) is 0 Å². The molecule has 0 spiro atoms. The van der Waals surface area contributed by atoms with Gasteiger partial charge in [0.1, 0.15) is 5.69 Å². The van der Waals surface area contributed by atoms with Crippen molar-refractivity contribution in [3.8, 4) is 0 Å². The van der Waals surface area contributed by atoms with Crippen LogP contribution >= 0.6 is 0 Å². The molecule has 0 bridgehead atoms. The minimum absolute atomic E-state index is 0.00157. The average molecular weight is 287 g/mol. The van der Waals surface area contributed by atoms with Crippen molar-refractivity contribution >= 4 is 22.3 Å². The third-order valence-corrected chi connectivity index (χ3v) is 4.25. The lowest BCUT2D eigenvalue weighted by Crippen LogP contribution is -2.41. The summed E-state index contributed by atoms with van der Waals surface area (Å²) in [7, 11) is 0. The fourth-order valence-corrected chi connectivity index (χ4v) is 2.74. The zero-order chi connectivity index (χ0) is 15.0. The largest absolute Gasteiger partial charge is 0.376 e. The number of hydrogen-bond donors (Lipinski definition) is 1. The first-order valence-corrected chi connectivity index (χ1v) is 6.93. The number of pyridine rings is 1. The van der Waals surface area contributed by atoms with Crippen molar-refractivity contribution in [1.82, 2.24) is 4.98 Å². The van der Waals surface area contributed by atoms with E-state index in [1.165, 1.54) is 0 Å². The minimum atomic E-state index is -0.351. The maximum atomic E-state index is 11.5. The number of hydrogen-bond acceptors (Lipinski definition) is 5. The summed E-state index contributed by atoms with van der Waals surface area (Å²) in [4.78, 5) is 15.3. The molecule has 0 radical (unpaired) electrons. The summed E-state index contributed by atoms with van der Waals surface area (Å²) in [5, 5.41) is 15.4. The molecule has 3 rings (SSSR count). The molecular weight excluding hydrogens is 270 g/mol. The number of nitrogens with zero attached hydrogens (tertiary/aromatic N) is 2. The van der Waals surface area contributed by atoms with Crippen LogP contribution in [0.4, 0.5) is 11.4 Å². The van der Waals surface area contributed by atoms with E-state index in [4.69, 9.17) is 4.74 Å². The van der Waals surface area contributed by atoms with Crippen LogP contribution in [0.3, 0.4) is 0 Å². The van der Waals surface area contributed by atoms with Crippen molar-refractivity contribution in [2.45, 2.75) is 31.9 Å². The molecule has 110 valence electrons. The van der Waals surface area contributed by atoms with E-state index in [2.05, 4.69) is 10.3 Å². The highest BCUT2D eigenvalue weighted by Crippen LogP contribution is 2.37. The Kier molecular flexibility index (Phi) is 3.25. The first-order valence-electron chi connectivity index (χ1n) is 6.93. The maximum Gasteiger partial charge on any atom is 0.301 e. The smallest absolute Gasteiger partial charge is 0.301 e. The van der Waals surface area contributed by atoms with Gasteiger partial charge >= 0.3 is 5.69 Å². The number of anilines is 1. The number of fused-ring (bicyclic) bond motifs is 1. The fourth-order valence-electron chi connectivity index (χ4n) is 2.74. The van der Waals surface area contributed by atoms with Crippen LogP contribution in [0.1, 0.15) is 20.3 Å². The summed E-state index contributed by atoms with van der Waals surface area (Å²) in [6.45, 7) is 4.67. The van der Waals surface area contributed by atoms with Crippen LogP contribution in [-0.2, 0) is 4.74 Å². The van der Waals surface area contributed by atoms with Gasteiger partial charge in [-0.15, -0.1) is 0 Å². The van der Waals surface area contributed by atoms with E-state index in [1.807, 2.05) is 13.8 Å². The first kappa shape index (κ1) is 13.8. The number of ether oxygens (including phenoxy) is 1. The molecule has 1 saturated heterocycles. The van der Waals surface area contributed by atoms with Gasteiger partial charge in [-0.3, -0.25) is 15.1 Å². The summed E-state index contributed by atoms with van der Waals surface area (Å²) in [5.41, 5.74) is 0.901. The lowest BCUT2D eigenvalue weighted by molar-refractivity contribution is -0.382. The Labute approximate surface area is 122 Å². The Bertz CT molecular complexity index is 704. The molecular formula is C15H17N3O3. The SMILES string of the molecule is CC1OCCC1(C)Nc1ccc2ncccc2c1[N+](=O)[O-]. The second kappa shape index (κ2) is 4.96. The average Bonchev–Trinajstić information content (AvgIpc) is 2.77. The highest BCUT2D eigenvalue weighted by molar-refractivity contribution is 5.94. The molecule has 1 fully saturated rings. The molecule has 1 N–H and O–H groups in total. The standard InChI is InChI=1S/C15H17N3O3/c1-10-15(2,7-9-21-10)17-13-6-5-12-11(4-3-8-16-12)14(13)18(19)20/h3-6,8,10,17H,7,9H2,1-2H3. The highest BCUT2D eigenvalue weighted by atomic mass is 16.6. The molecule has 6 heteroatoms. The van der Waals surface area contributed by atoms with Gasteiger partial charge in [-0.2, -0.15) is 0 Å². The summed E-state index contributed by atoms with van der Waals surface area (Å²) in [5.74, 6) is 0. The second-order valence-electron chi connectivity index (χ2n) is 5.59. The Hall–Kier alpha value is -2.21. The van der Waals surface area contributed by atoms with Crippen LogP contribution in [0.2, 0.25) is 0 Å². The highest BCUT2D eigenvalue weighted by Gasteiger charge is 2.38. The molecule has 2 heterocycles. The van der Waals surface area contributed by atoms with Crippen LogP contribution in [0.5, 0.6) is 0 Å². The van der Waals surface area contributed by atoms with E-state index in [9.17, 15) is 10.1 Å². The summed E-state index contributed by atoms with van der Waals surface area (Å²) in [6, 6.07) is 6.96. The third-order valence-electron chi connectivity index (χ3n) is 4.25. The topological polar surface area (TPSA) is 77.3 Å². The zero-order valence-corrected chi connectivity index (χ0v) is 12.0. The van der Waals surface area contributed by atoms with Crippen LogP contribution in [0, 0.1) is 10.1 Å². The molecule has 1 aromatic carbocycles. The zero-order valence-electron chi connectivity index (χ0n) is 12.0. The Balaban J connectivity index is 2.10. The van der Waals surface area contributed by atoms with Gasteiger partial charge in [-0.25, -0.2) is 0 Å². The monoisotopic (exact) mass is 287 g/mol. The molecule has 0 saturated carbocycles. The maximum absolute atomic E-state index is 11.5. The number of benzene rings is 1. The van der Waals surface area contributed by atoms with E-state index < -0.39 is 0 Å². The van der Waals surface area contributed by atoms with Gasteiger partial charge in [-0.1, -0.05) is 0 Å². The van der Waals surface area contributed by atoms with Crippen LogP contribution < -0.4 is 5.32 Å². The second-order valence-corrected chi connectivity index (χ2v) is 5.59. The van der Waals surface area contributed by atoms with Crippen LogP contribution in [-0.4, -0.2) is 28.2 Å². The lowest BCUT2D eigenvalue weighted by Gasteiger charge is -2.30. The number of nitro groups is 1. The molecule has 2 unspecified atom stereocenters. The van der Waals surface area contributed by atoms with Gasteiger partial charge in [0.2, 0.25) is 0 Å². The molecule has 1 aromatic heterocycles. The Morgan fingerprint density at radius 1 is 1.48 bits per heavy atom. The molecule has 6 nitrogen and oxygen atoms in total. The van der Waals surface area contributed by atoms with E-state index in [0.717, 1.165) is 6.42 Å². The number of rotatable bonds is 3. The van der Waals surface area contributed by atoms with Crippen molar-refractivity contribution < 1.29 is 9.66 Å². The minimum Gasteiger partial charge on any atom is -0.376 e. The van der Waals surface area contributed by atoms with Crippen molar-refractivity contribution in [3.05, 3.63) is 40.6 Å². The molecule has 0 aliphatic carbocycles. The van der Waals surface area contributed by atoms with Crippen molar-refractivity contribution in [3.63, 3.8) is 0 Å². The first-order chi connectivity index (χ1) is 10.0. The Morgan fingerprint density at radius 3 is 2.95 bits per heavy atom. The van der Waals surface area contributed by atoms with E-state index in [0.29, 0.717) is 23.2 Å². The molecule has 1 aliphatic heterocycles. The van der Waals surface area contributed by atoms with Crippen LogP contribution in [0.15, 0.2) is 30.5 Å². The Morgan fingerprint density at radius 2 is 2.29 bits per heavy atom. The lowest BCUT2D eigenvalue weighted by atomic mass is 9.94. The fraction of sp³-hybridized carbons (Fsp3) is 0.400. The number of aromatic nitrogens is 1. The number of nitro benzene ring substituents is 1. The van der Waals surface area contributed by atoms with E-state index in [-0.39, 0.29) is 22.3 Å². The summed E-state index contributed by atoms with van der Waals surface area (Å²) < 4.78 is 5.58. The van der Waals surface area contributed by atoms with Crippen molar-refractivity contribution in [1.29, 1.82) is 0 Å². The summed E-state index contributed by atoms with van der Waals surface area (Å²) >= 11 is 0. The van der Waals surface area contributed by atoms with Gasteiger partial charge in [0.05, 0.1) is 27.5 Å². The van der Waals surface area contributed by atoms with Crippen molar-refractivity contribution in [2.24, 2.45) is 0 Å². The van der Waals surface area contributed by atoms with Gasteiger partial charge in [0.15, 0.2) is 0 Å².